The third-order valence-corrected chi connectivity index (χ3v) is 5.02. The van der Waals surface area contributed by atoms with Crippen LogP contribution in [0.3, 0.4) is 0 Å². The molecule has 0 aliphatic heterocycles. The van der Waals surface area contributed by atoms with Crippen LogP contribution in [-0.2, 0) is 12.8 Å². The van der Waals surface area contributed by atoms with Crippen molar-refractivity contribution in [3.63, 3.8) is 0 Å². The molecule has 1 aliphatic carbocycles. The van der Waals surface area contributed by atoms with Crippen LogP contribution in [-0.4, -0.2) is 40.1 Å². The highest BCUT2D eigenvalue weighted by Crippen LogP contribution is 2.31. The Labute approximate surface area is 136 Å². The van der Waals surface area contributed by atoms with E-state index in [2.05, 4.69) is 30.1 Å². The van der Waals surface area contributed by atoms with E-state index in [9.17, 15) is 0 Å². The van der Waals surface area contributed by atoms with E-state index in [1.165, 1.54) is 17.7 Å². The predicted molar refractivity (Wildman–Crippen MR) is 93.5 cm³/mol. The van der Waals surface area contributed by atoms with Gasteiger partial charge < -0.3 is 4.90 Å². The molecule has 3 rings (SSSR count). The van der Waals surface area contributed by atoms with Gasteiger partial charge in [-0.1, -0.05) is 6.07 Å². The van der Waals surface area contributed by atoms with E-state index in [0.717, 1.165) is 35.9 Å². The molecule has 0 N–H and O–H groups in total. The van der Waals surface area contributed by atoms with Crippen molar-refractivity contribution in [2.24, 2.45) is 0 Å². The first-order chi connectivity index (χ1) is 10.7. The molecule has 2 heterocycles. The van der Waals surface area contributed by atoms with Crippen molar-refractivity contribution < 1.29 is 0 Å². The van der Waals surface area contributed by atoms with Gasteiger partial charge in [0.25, 0.3) is 0 Å². The fourth-order valence-corrected chi connectivity index (χ4v) is 3.58. The number of fused-ring (bicyclic) bond motifs is 1. The number of rotatable bonds is 5. The van der Waals surface area contributed by atoms with Crippen LogP contribution in [0.15, 0.2) is 24.4 Å². The number of hydrogen-bond donors (Lipinski definition) is 0. The number of thioether (sulfide) groups is 1. The standard InChI is InChI=1S/C17H22N4S/c1-12(11-22-3)21(2)17-13-7-6-9-14(13)19-16(20-17)15-8-4-5-10-18-15/h4-5,8,10,12H,6-7,9,11H2,1-3H3. The lowest BCUT2D eigenvalue weighted by molar-refractivity contribution is 0.745. The summed E-state index contributed by atoms with van der Waals surface area (Å²) >= 11 is 1.87. The van der Waals surface area contributed by atoms with Crippen molar-refractivity contribution in [3.8, 4) is 11.5 Å². The second kappa shape index (κ2) is 6.65. The van der Waals surface area contributed by atoms with Gasteiger partial charge >= 0.3 is 0 Å². The lowest BCUT2D eigenvalue weighted by Crippen LogP contribution is -2.32. The molecule has 2 aromatic rings. The van der Waals surface area contributed by atoms with Crippen molar-refractivity contribution in [2.75, 3.05) is 24.0 Å². The zero-order valence-electron chi connectivity index (χ0n) is 13.4. The van der Waals surface area contributed by atoms with Crippen LogP contribution in [0, 0.1) is 0 Å². The third-order valence-electron chi connectivity index (χ3n) is 4.21. The summed E-state index contributed by atoms with van der Waals surface area (Å²) in [6.07, 6.45) is 7.26. The summed E-state index contributed by atoms with van der Waals surface area (Å²) in [6, 6.07) is 6.33. The molecule has 1 aliphatic rings. The first-order valence-electron chi connectivity index (χ1n) is 7.73. The Hall–Kier alpha value is -1.62. The van der Waals surface area contributed by atoms with Gasteiger partial charge in [0.1, 0.15) is 11.5 Å². The molecule has 4 nitrogen and oxygen atoms in total. The predicted octanol–water partition coefficient (Wildman–Crippen LogP) is 3.22. The Morgan fingerprint density at radius 2 is 2.14 bits per heavy atom. The molecular weight excluding hydrogens is 292 g/mol. The maximum Gasteiger partial charge on any atom is 0.180 e. The normalized spacial score (nSPS) is 14.7. The highest BCUT2D eigenvalue weighted by atomic mass is 32.2. The smallest absolute Gasteiger partial charge is 0.180 e. The molecule has 116 valence electrons. The van der Waals surface area contributed by atoms with Gasteiger partial charge in [-0.25, -0.2) is 9.97 Å². The fraction of sp³-hybridized carbons (Fsp3) is 0.471. The Morgan fingerprint density at radius 3 is 2.86 bits per heavy atom. The minimum Gasteiger partial charge on any atom is -0.356 e. The number of anilines is 1. The van der Waals surface area contributed by atoms with Crippen LogP contribution in [0.4, 0.5) is 5.82 Å². The van der Waals surface area contributed by atoms with Gasteiger partial charge in [-0.3, -0.25) is 4.98 Å². The largest absolute Gasteiger partial charge is 0.356 e. The van der Waals surface area contributed by atoms with Crippen molar-refractivity contribution >= 4 is 17.6 Å². The Balaban J connectivity index is 2.04. The average molecular weight is 314 g/mol. The van der Waals surface area contributed by atoms with Gasteiger partial charge in [0.15, 0.2) is 5.82 Å². The van der Waals surface area contributed by atoms with Crippen LogP contribution < -0.4 is 4.90 Å². The SMILES string of the molecule is CSCC(C)N(C)c1nc(-c2ccccn2)nc2c1CCC2. The van der Waals surface area contributed by atoms with Crippen molar-refractivity contribution in [2.45, 2.75) is 32.2 Å². The number of pyridine rings is 1. The quantitative estimate of drug-likeness (QED) is 0.847. The third kappa shape index (κ3) is 2.95. The van der Waals surface area contributed by atoms with E-state index in [1.54, 1.807) is 6.20 Å². The van der Waals surface area contributed by atoms with Crippen LogP contribution in [0.1, 0.15) is 24.6 Å². The molecule has 0 saturated heterocycles. The monoisotopic (exact) mass is 314 g/mol. The second-order valence-electron chi connectivity index (χ2n) is 5.78. The second-order valence-corrected chi connectivity index (χ2v) is 6.69. The van der Waals surface area contributed by atoms with Crippen LogP contribution in [0.25, 0.3) is 11.5 Å². The fourth-order valence-electron chi connectivity index (χ4n) is 2.88. The minimum atomic E-state index is 0.450. The van der Waals surface area contributed by atoms with Gasteiger partial charge in [0.05, 0.1) is 0 Å². The minimum absolute atomic E-state index is 0.450. The van der Waals surface area contributed by atoms with Gasteiger partial charge in [-0.05, 0) is 44.6 Å². The molecule has 22 heavy (non-hydrogen) atoms. The van der Waals surface area contributed by atoms with E-state index in [1.807, 2.05) is 30.0 Å². The molecule has 0 radical (unpaired) electrons. The van der Waals surface area contributed by atoms with Gasteiger partial charge in [-0.15, -0.1) is 0 Å². The summed E-state index contributed by atoms with van der Waals surface area (Å²) < 4.78 is 0. The molecule has 0 fully saturated rings. The molecule has 0 aromatic carbocycles. The van der Waals surface area contributed by atoms with Crippen molar-refractivity contribution in [1.82, 2.24) is 15.0 Å². The molecule has 0 saturated carbocycles. The Bertz CT molecular complexity index is 645. The van der Waals surface area contributed by atoms with E-state index >= 15 is 0 Å². The number of nitrogens with zero attached hydrogens (tertiary/aromatic N) is 4. The number of aromatic nitrogens is 3. The van der Waals surface area contributed by atoms with Crippen LogP contribution >= 0.6 is 11.8 Å². The van der Waals surface area contributed by atoms with Crippen LogP contribution in [0.5, 0.6) is 0 Å². The number of hydrogen-bond acceptors (Lipinski definition) is 5. The number of aryl methyl sites for hydroxylation is 1. The summed E-state index contributed by atoms with van der Waals surface area (Å²) in [6.45, 7) is 2.25. The molecule has 1 unspecified atom stereocenters. The van der Waals surface area contributed by atoms with Gasteiger partial charge in [0, 0.05) is 36.3 Å². The van der Waals surface area contributed by atoms with E-state index < -0.39 is 0 Å². The van der Waals surface area contributed by atoms with E-state index in [0.29, 0.717) is 6.04 Å². The molecule has 0 amide bonds. The topological polar surface area (TPSA) is 41.9 Å². The van der Waals surface area contributed by atoms with E-state index in [4.69, 9.17) is 9.97 Å². The molecule has 0 bridgehead atoms. The summed E-state index contributed by atoms with van der Waals surface area (Å²) in [4.78, 5) is 16.3. The van der Waals surface area contributed by atoms with E-state index in [-0.39, 0.29) is 0 Å². The molecule has 0 spiro atoms. The van der Waals surface area contributed by atoms with Gasteiger partial charge in [0.2, 0.25) is 0 Å². The highest BCUT2D eigenvalue weighted by molar-refractivity contribution is 7.98. The molecule has 2 aromatic heterocycles. The summed E-state index contributed by atoms with van der Waals surface area (Å²) in [7, 11) is 2.14. The first-order valence-corrected chi connectivity index (χ1v) is 9.13. The van der Waals surface area contributed by atoms with Gasteiger partial charge in [-0.2, -0.15) is 11.8 Å². The lowest BCUT2D eigenvalue weighted by atomic mass is 10.2. The lowest BCUT2D eigenvalue weighted by Gasteiger charge is -2.27. The average Bonchev–Trinajstić information content (AvgIpc) is 3.02. The van der Waals surface area contributed by atoms with Crippen LogP contribution in [0.2, 0.25) is 0 Å². The Kier molecular flexibility index (Phi) is 4.62. The molecule has 1 atom stereocenters. The summed E-state index contributed by atoms with van der Waals surface area (Å²) in [5, 5.41) is 0. The first kappa shape index (κ1) is 15.3. The molecule has 5 heteroatoms. The zero-order valence-corrected chi connectivity index (χ0v) is 14.2. The maximum absolute atomic E-state index is 4.86. The summed E-state index contributed by atoms with van der Waals surface area (Å²) in [5.41, 5.74) is 3.38. The zero-order chi connectivity index (χ0) is 15.5. The van der Waals surface area contributed by atoms with Crippen molar-refractivity contribution in [3.05, 3.63) is 35.7 Å². The Morgan fingerprint density at radius 1 is 1.27 bits per heavy atom. The summed E-state index contributed by atoms with van der Waals surface area (Å²) in [5.74, 6) is 2.93. The molecular formula is C17H22N4S. The highest BCUT2D eigenvalue weighted by Gasteiger charge is 2.24. The van der Waals surface area contributed by atoms with Crippen molar-refractivity contribution in [1.29, 1.82) is 0 Å². The maximum atomic E-state index is 4.86.